The van der Waals surface area contributed by atoms with Crippen molar-refractivity contribution in [1.29, 1.82) is 0 Å². The van der Waals surface area contributed by atoms with Gasteiger partial charge >= 0.3 is 0 Å². The van der Waals surface area contributed by atoms with Gasteiger partial charge in [-0.05, 0) is 49.4 Å². The molecule has 0 amide bonds. The molecule has 2 heteroatoms. The van der Waals surface area contributed by atoms with Gasteiger partial charge in [0.15, 0.2) is 0 Å². The first-order chi connectivity index (χ1) is 9.43. The maximum absolute atomic E-state index is 6.62. The van der Waals surface area contributed by atoms with Crippen molar-refractivity contribution >= 4 is 0 Å². The zero-order valence-corrected chi connectivity index (χ0v) is 14.0. The van der Waals surface area contributed by atoms with Crippen molar-refractivity contribution in [3.05, 3.63) is 0 Å². The summed E-state index contributed by atoms with van der Waals surface area (Å²) in [5.74, 6) is 1.63. The van der Waals surface area contributed by atoms with Gasteiger partial charge in [-0.3, -0.25) is 0 Å². The van der Waals surface area contributed by atoms with Crippen LogP contribution in [0.2, 0.25) is 0 Å². The van der Waals surface area contributed by atoms with Crippen molar-refractivity contribution in [2.45, 2.75) is 84.1 Å². The van der Waals surface area contributed by atoms with Gasteiger partial charge in [0, 0.05) is 18.6 Å². The molecule has 2 atom stereocenters. The first-order valence-corrected chi connectivity index (χ1v) is 8.93. The Balaban J connectivity index is 1.81. The van der Waals surface area contributed by atoms with Crippen molar-refractivity contribution < 1.29 is 0 Å². The lowest BCUT2D eigenvalue weighted by molar-refractivity contribution is 0.192. The molecule has 0 aromatic heterocycles. The normalized spacial score (nSPS) is 33.8. The average molecular weight is 280 g/mol. The Morgan fingerprint density at radius 3 is 2.40 bits per heavy atom. The first kappa shape index (κ1) is 16.3. The molecule has 0 aliphatic heterocycles. The van der Waals surface area contributed by atoms with Gasteiger partial charge in [-0.15, -0.1) is 0 Å². The molecule has 2 aliphatic rings. The van der Waals surface area contributed by atoms with E-state index in [4.69, 9.17) is 5.73 Å². The molecule has 2 fully saturated rings. The summed E-state index contributed by atoms with van der Waals surface area (Å²) in [5.41, 5.74) is 7.26. The lowest BCUT2D eigenvalue weighted by Crippen LogP contribution is -2.53. The second kappa shape index (κ2) is 6.79. The Bertz CT molecular complexity index is 294. The number of nitrogens with one attached hydrogen (secondary N) is 1. The maximum Gasteiger partial charge on any atom is 0.0283 e. The van der Waals surface area contributed by atoms with Crippen molar-refractivity contribution in [2.75, 3.05) is 13.1 Å². The van der Waals surface area contributed by atoms with E-state index in [1.165, 1.54) is 64.3 Å². The maximum atomic E-state index is 6.62. The predicted molar refractivity (Wildman–Crippen MR) is 87.8 cm³/mol. The Labute approximate surface area is 126 Å². The molecule has 2 aliphatic carbocycles. The lowest BCUT2D eigenvalue weighted by atomic mass is 9.76. The van der Waals surface area contributed by atoms with Crippen molar-refractivity contribution in [3.63, 3.8) is 0 Å². The third kappa shape index (κ3) is 4.46. The van der Waals surface area contributed by atoms with Crippen LogP contribution < -0.4 is 11.1 Å². The molecule has 0 heterocycles. The predicted octanol–water partition coefficient (Wildman–Crippen LogP) is 4.09. The molecule has 0 bridgehead atoms. The minimum atomic E-state index is 0.0648. The quantitative estimate of drug-likeness (QED) is 0.769. The van der Waals surface area contributed by atoms with Crippen LogP contribution in [0.4, 0.5) is 0 Å². The van der Waals surface area contributed by atoms with E-state index in [1.54, 1.807) is 0 Å². The van der Waals surface area contributed by atoms with Gasteiger partial charge in [-0.1, -0.05) is 46.5 Å². The molecule has 2 nitrogen and oxygen atoms in total. The fraction of sp³-hybridized carbons (Fsp3) is 1.00. The highest BCUT2D eigenvalue weighted by Gasteiger charge is 2.36. The zero-order chi connectivity index (χ0) is 14.6. The number of hydrogen-bond acceptors (Lipinski definition) is 2. The fourth-order valence-electron chi connectivity index (χ4n) is 4.88. The van der Waals surface area contributed by atoms with Crippen LogP contribution in [0.1, 0.15) is 78.6 Å². The van der Waals surface area contributed by atoms with Gasteiger partial charge in [-0.2, -0.15) is 0 Å². The standard InChI is InChI=1S/C18H36N2/c1-15(2)11-17(8-4-5-9-17)13-20-14-18(19)10-6-7-16(3)12-18/h15-16,20H,4-14,19H2,1-3H3. The Morgan fingerprint density at radius 1 is 1.10 bits per heavy atom. The van der Waals surface area contributed by atoms with Crippen molar-refractivity contribution in [2.24, 2.45) is 23.0 Å². The molecule has 2 saturated carbocycles. The molecule has 2 rings (SSSR count). The monoisotopic (exact) mass is 280 g/mol. The van der Waals surface area contributed by atoms with Gasteiger partial charge in [0.05, 0.1) is 0 Å². The minimum absolute atomic E-state index is 0.0648. The van der Waals surface area contributed by atoms with E-state index in [1.807, 2.05) is 0 Å². The molecular formula is C18H36N2. The summed E-state index contributed by atoms with van der Waals surface area (Å²) in [6.45, 7) is 9.31. The Kier molecular flexibility index (Phi) is 5.53. The molecule has 118 valence electrons. The van der Waals surface area contributed by atoms with Crippen LogP contribution in [-0.4, -0.2) is 18.6 Å². The van der Waals surface area contributed by atoms with Crippen LogP contribution in [0.5, 0.6) is 0 Å². The Morgan fingerprint density at radius 2 is 1.80 bits per heavy atom. The van der Waals surface area contributed by atoms with Crippen LogP contribution >= 0.6 is 0 Å². The highest BCUT2D eigenvalue weighted by molar-refractivity contribution is 4.94. The van der Waals surface area contributed by atoms with E-state index in [9.17, 15) is 0 Å². The van der Waals surface area contributed by atoms with E-state index in [0.717, 1.165) is 18.4 Å². The highest BCUT2D eigenvalue weighted by Crippen LogP contribution is 2.42. The van der Waals surface area contributed by atoms with Crippen LogP contribution in [0.3, 0.4) is 0 Å². The summed E-state index contributed by atoms with van der Waals surface area (Å²) in [4.78, 5) is 0. The van der Waals surface area contributed by atoms with Crippen LogP contribution in [-0.2, 0) is 0 Å². The minimum Gasteiger partial charge on any atom is -0.324 e. The molecule has 0 aromatic rings. The number of hydrogen-bond donors (Lipinski definition) is 2. The Hall–Kier alpha value is -0.0800. The molecule has 0 saturated heterocycles. The molecule has 2 unspecified atom stereocenters. The first-order valence-electron chi connectivity index (χ1n) is 8.93. The third-order valence-corrected chi connectivity index (χ3v) is 5.61. The van der Waals surface area contributed by atoms with E-state index < -0.39 is 0 Å². The topological polar surface area (TPSA) is 38.0 Å². The highest BCUT2D eigenvalue weighted by atomic mass is 14.9. The lowest BCUT2D eigenvalue weighted by Gasteiger charge is -2.39. The largest absolute Gasteiger partial charge is 0.324 e. The fourth-order valence-corrected chi connectivity index (χ4v) is 4.88. The summed E-state index contributed by atoms with van der Waals surface area (Å²) in [6.07, 6.45) is 12.2. The summed E-state index contributed by atoms with van der Waals surface area (Å²) in [7, 11) is 0. The van der Waals surface area contributed by atoms with Gasteiger partial charge in [0.25, 0.3) is 0 Å². The second-order valence-electron chi connectivity index (χ2n) is 8.47. The van der Waals surface area contributed by atoms with Crippen LogP contribution in [0.25, 0.3) is 0 Å². The van der Waals surface area contributed by atoms with Gasteiger partial charge in [0.1, 0.15) is 0 Å². The van der Waals surface area contributed by atoms with E-state index in [-0.39, 0.29) is 5.54 Å². The van der Waals surface area contributed by atoms with E-state index >= 15 is 0 Å². The number of rotatable bonds is 6. The average Bonchev–Trinajstić information content (AvgIpc) is 2.76. The summed E-state index contributed by atoms with van der Waals surface area (Å²) < 4.78 is 0. The molecule has 0 aromatic carbocycles. The smallest absolute Gasteiger partial charge is 0.0283 e. The summed E-state index contributed by atoms with van der Waals surface area (Å²) in [5, 5.41) is 3.78. The van der Waals surface area contributed by atoms with Crippen molar-refractivity contribution in [1.82, 2.24) is 5.32 Å². The van der Waals surface area contributed by atoms with Gasteiger partial charge in [0.2, 0.25) is 0 Å². The molecule has 20 heavy (non-hydrogen) atoms. The molecule has 0 spiro atoms. The summed E-state index contributed by atoms with van der Waals surface area (Å²) in [6, 6.07) is 0. The zero-order valence-electron chi connectivity index (χ0n) is 14.0. The number of nitrogens with two attached hydrogens (primary N) is 1. The third-order valence-electron chi connectivity index (χ3n) is 5.61. The molecule has 0 radical (unpaired) electrons. The van der Waals surface area contributed by atoms with Crippen molar-refractivity contribution in [3.8, 4) is 0 Å². The van der Waals surface area contributed by atoms with E-state index in [0.29, 0.717) is 5.41 Å². The van der Waals surface area contributed by atoms with E-state index in [2.05, 4.69) is 26.1 Å². The summed E-state index contributed by atoms with van der Waals surface area (Å²) >= 11 is 0. The van der Waals surface area contributed by atoms with Crippen LogP contribution in [0.15, 0.2) is 0 Å². The molecular weight excluding hydrogens is 244 g/mol. The van der Waals surface area contributed by atoms with Crippen LogP contribution in [0, 0.1) is 17.3 Å². The molecule has 3 N–H and O–H groups in total. The van der Waals surface area contributed by atoms with Gasteiger partial charge < -0.3 is 11.1 Å². The SMILES string of the molecule is CC(C)CC1(CNCC2(N)CCCC(C)C2)CCCC1. The van der Waals surface area contributed by atoms with Gasteiger partial charge in [-0.25, -0.2) is 0 Å². The second-order valence-corrected chi connectivity index (χ2v) is 8.47.